The molecule has 1 aliphatic rings. The third-order valence-corrected chi connectivity index (χ3v) is 7.30. The minimum Gasteiger partial charge on any atom is -0.481 e. The van der Waals surface area contributed by atoms with E-state index < -0.39 is 47.7 Å². The quantitative estimate of drug-likeness (QED) is 0.337. The number of rotatable bonds is 8. The normalized spacial score (nSPS) is 24.1. The molecule has 0 radical (unpaired) electrons. The fourth-order valence-corrected chi connectivity index (χ4v) is 5.49. The topological polar surface area (TPSA) is 101 Å². The molecule has 0 bridgehead atoms. The van der Waals surface area contributed by atoms with E-state index in [0.29, 0.717) is 11.3 Å². The molecule has 1 aliphatic carbocycles. The van der Waals surface area contributed by atoms with E-state index in [-0.39, 0.29) is 5.56 Å². The number of ketones is 1. The van der Waals surface area contributed by atoms with Gasteiger partial charge >= 0.3 is 11.9 Å². The molecule has 1 saturated carbocycles. The van der Waals surface area contributed by atoms with Gasteiger partial charge in [0.05, 0.1) is 29.4 Å². The summed E-state index contributed by atoms with van der Waals surface area (Å²) in [7, 11) is 0. The van der Waals surface area contributed by atoms with Crippen molar-refractivity contribution in [3.05, 3.63) is 94.7 Å². The lowest BCUT2D eigenvalue weighted by molar-refractivity contribution is -0.143. The van der Waals surface area contributed by atoms with Gasteiger partial charge in [0.2, 0.25) is 0 Å². The molecule has 0 spiro atoms. The highest BCUT2D eigenvalue weighted by Gasteiger charge is 2.62. The first-order chi connectivity index (χ1) is 16.9. The van der Waals surface area contributed by atoms with Gasteiger partial charge in [-0.05, 0) is 41.1 Å². The van der Waals surface area contributed by atoms with Crippen LogP contribution in [0.5, 0.6) is 0 Å². The number of allylic oxidation sites excluding steroid dienone is 1. The van der Waals surface area contributed by atoms with Crippen LogP contribution < -0.4 is 0 Å². The molecule has 7 heteroatoms. The fraction of sp³-hybridized carbons (Fsp3) is 0.250. The molecular weight excluding hydrogens is 464 g/mol. The Kier molecular flexibility index (Phi) is 7.28. The Morgan fingerprint density at radius 1 is 1.03 bits per heavy atom. The summed E-state index contributed by atoms with van der Waals surface area (Å²) in [4.78, 5) is 39.1. The summed E-state index contributed by atoms with van der Waals surface area (Å²) in [5, 5.41) is 22.8. The van der Waals surface area contributed by atoms with E-state index in [0.717, 1.165) is 11.1 Å². The monoisotopic (exact) mass is 490 g/mol. The molecule has 0 aliphatic heterocycles. The molecule has 1 aromatic heterocycles. The van der Waals surface area contributed by atoms with Gasteiger partial charge in [0.25, 0.3) is 0 Å². The highest BCUT2D eigenvalue weighted by molar-refractivity contribution is 7.10. The Bertz CT molecular complexity index is 1220. The van der Waals surface area contributed by atoms with Crippen molar-refractivity contribution in [2.24, 2.45) is 5.41 Å². The maximum atomic E-state index is 13.5. The average Bonchev–Trinajstić information content (AvgIpc) is 3.45. The summed E-state index contributed by atoms with van der Waals surface area (Å²) in [6, 6.07) is 19.9. The molecule has 4 rings (SSSR count). The van der Waals surface area contributed by atoms with Crippen molar-refractivity contribution in [3.8, 4) is 11.1 Å². The molecule has 2 N–H and O–H groups in total. The molecule has 0 saturated heterocycles. The molecule has 1 heterocycles. The largest absolute Gasteiger partial charge is 0.481 e. The lowest BCUT2D eigenvalue weighted by Crippen LogP contribution is -2.43. The van der Waals surface area contributed by atoms with E-state index in [4.69, 9.17) is 4.74 Å². The van der Waals surface area contributed by atoms with Crippen LogP contribution in [0.15, 0.2) is 84.3 Å². The van der Waals surface area contributed by atoms with E-state index in [1.807, 2.05) is 37.3 Å². The number of esters is 1. The van der Waals surface area contributed by atoms with E-state index in [9.17, 15) is 24.6 Å². The predicted octanol–water partition coefficient (Wildman–Crippen LogP) is 5.10. The number of carboxylic acid groups (broad SMARTS) is 1. The smallest absolute Gasteiger partial charge is 0.338 e. The Hall–Kier alpha value is -3.55. The van der Waals surface area contributed by atoms with Crippen LogP contribution >= 0.6 is 11.3 Å². The standard InChI is InChI=1S/C28H26O6S/c1-2-3-15-28(17-22(29)30)25(32)23(21-10-7-16-35-21)24(31)26(28)34-27(33)20-13-11-19(12-14-20)18-8-5-4-6-9-18/h3-16,23,25-26,32H,2,17H2,1H3,(H,29,30)/t23?,25?,26-,28-/m0/s1. The number of carbonyl (C=O) groups is 3. The number of hydrogen-bond donors (Lipinski definition) is 2. The lowest BCUT2D eigenvalue weighted by atomic mass is 9.77. The van der Waals surface area contributed by atoms with Gasteiger partial charge in [-0.1, -0.05) is 67.6 Å². The zero-order valence-electron chi connectivity index (χ0n) is 19.2. The third kappa shape index (κ3) is 4.83. The summed E-state index contributed by atoms with van der Waals surface area (Å²) in [5.41, 5.74) is 0.562. The molecule has 2 unspecified atom stereocenters. The molecule has 180 valence electrons. The fourth-order valence-electron chi connectivity index (χ4n) is 4.63. The number of Topliss-reactive ketones (excluding diaryl/α,β-unsaturated/α-hetero) is 1. The van der Waals surface area contributed by atoms with Crippen molar-refractivity contribution < 1.29 is 29.3 Å². The second kappa shape index (κ2) is 10.4. The van der Waals surface area contributed by atoms with Gasteiger partial charge < -0.3 is 14.9 Å². The zero-order valence-corrected chi connectivity index (χ0v) is 20.0. The number of carboxylic acids is 1. The summed E-state index contributed by atoms with van der Waals surface area (Å²) < 4.78 is 5.71. The van der Waals surface area contributed by atoms with Gasteiger partial charge in [-0.25, -0.2) is 4.79 Å². The van der Waals surface area contributed by atoms with Crippen LogP contribution in [0.3, 0.4) is 0 Å². The lowest BCUT2D eigenvalue weighted by Gasteiger charge is -2.33. The van der Waals surface area contributed by atoms with Crippen LogP contribution in [-0.4, -0.2) is 40.1 Å². The first kappa shape index (κ1) is 24.6. The van der Waals surface area contributed by atoms with Gasteiger partial charge in [0.1, 0.15) is 0 Å². The van der Waals surface area contributed by atoms with Crippen molar-refractivity contribution in [3.63, 3.8) is 0 Å². The number of ether oxygens (including phenoxy) is 1. The van der Waals surface area contributed by atoms with Gasteiger partial charge in [0, 0.05) is 4.88 Å². The SMILES string of the molecule is CCC=C[C@]1(CC(=O)O)C(O)C(c2cccs2)C(=O)[C@@H]1OC(=O)c1ccc(-c2ccccc2)cc1. The second-order valence-corrected chi connectivity index (χ2v) is 9.54. The van der Waals surface area contributed by atoms with Gasteiger partial charge in [0.15, 0.2) is 11.9 Å². The number of hydrogen-bond acceptors (Lipinski definition) is 6. The first-order valence-electron chi connectivity index (χ1n) is 11.4. The Labute approximate surface area is 207 Å². The summed E-state index contributed by atoms with van der Waals surface area (Å²) in [5.74, 6) is -3.43. The Morgan fingerprint density at radius 2 is 1.71 bits per heavy atom. The predicted molar refractivity (Wildman–Crippen MR) is 133 cm³/mol. The summed E-state index contributed by atoms with van der Waals surface area (Å²) in [6.45, 7) is 1.86. The number of aliphatic carboxylic acids is 1. The van der Waals surface area contributed by atoms with Crippen molar-refractivity contribution in [1.29, 1.82) is 0 Å². The van der Waals surface area contributed by atoms with Crippen molar-refractivity contribution in [1.82, 2.24) is 0 Å². The number of aliphatic hydroxyl groups is 1. The summed E-state index contributed by atoms with van der Waals surface area (Å²) in [6.07, 6.45) is 0.451. The molecule has 35 heavy (non-hydrogen) atoms. The molecule has 4 atom stereocenters. The number of benzene rings is 2. The van der Waals surface area contributed by atoms with E-state index in [1.165, 1.54) is 17.4 Å². The molecule has 2 aromatic carbocycles. The Morgan fingerprint density at radius 3 is 2.31 bits per heavy atom. The highest BCUT2D eigenvalue weighted by Crippen LogP contribution is 2.50. The van der Waals surface area contributed by atoms with E-state index >= 15 is 0 Å². The van der Waals surface area contributed by atoms with Crippen molar-refractivity contribution >= 4 is 29.1 Å². The van der Waals surface area contributed by atoms with E-state index in [2.05, 4.69) is 0 Å². The average molecular weight is 491 g/mol. The van der Waals surface area contributed by atoms with Crippen molar-refractivity contribution in [2.75, 3.05) is 0 Å². The first-order valence-corrected chi connectivity index (χ1v) is 12.3. The zero-order chi connectivity index (χ0) is 25.0. The molecule has 0 amide bonds. The number of thiophene rings is 1. The molecular formula is C28H26O6S. The molecule has 3 aromatic rings. The van der Waals surface area contributed by atoms with Crippen molar-refractivity contribution in [2.45, 2.75) is 37.9 Å². The van der Waals surface area contributed by atoms with Gasteiger partial charge in [-0.15, -0.1) is 11.3 Å². The third-order valence-electron chi connectivity index (χ3n) is 6.34. The molecule has 6 nitrogen and oxygen atoms in total. The maximum Gasteiger partial charge on any atom is 0.338 e. The van der Waals surface area contributed by atoms with Crippen LogP contribution in [0.1, 0.15) is 40.9 Å². The van der Waals surface area contributed by atoms with Gasteiger partial charge in [-0.2, -0.15) is 0 Å². The van der Waals surface area contributed by atoms with Gasteiger partial charge in [-0.3, -0.25) is 9.59 Å². The highest BCUT2D eigenvalue weighted by atomic mass is 32.1. The van der Waals surface area contributed by atoms with Crippen LogP contribution in [0.4, 0.5) is 0 Å². The van der Waals surface area contributed by atoms with Crippen LogP contribution in [0.25, 0.3) is 11.1 Å². The van der Waals surface area contributed by atoms with Crippen LogP contribution in [-0.2, 0) is 14.3 Å². The number of aliphatic hydroxyl groups excluding tert-OH is 1. The minimum atomic E-state index is -1.58. The molecule has 1 fully saturated rings. The minimum absolute atomic E-state index is 0.232. The van der Waals surface area contributed by atoms with E-state index in [1.54, 1.807) is 47.9 Å². The maximum absolute atomic E-state index is 13.5. The van der Waals surface area contributed by atoms with Crippen LogP contribution in [0.2, 0.25) is 0 Å². The summed E-state index contributed by atoms with van der Waals surface area (Å²) >= 11 is 1.30. The number of carbonyl (C=O) groups excluding carboxylic acids is 2. The second-order valence-electron chi connectivity index (χ2n) is 8.56. The van der Waals surface area contributed by atoms with Crippen LogP contribution in [0, 0.1) is 5.41 Å². The Balaban J connectivity index is 1.68.